The molecule has 0 saturated heterocycles. The highest BCUT2D eigenvalue weighted by atomic mass is 16.5. The summed E-state index contributed by atoms with van der Waals surface area (Å²) in [5.74, 6) is 1.26. The second-order valence-electron chi connectivity index (χ2n) is 4.61. The van der Waals surface area contributed by atoms with Gasteiger partial charge in [-0.05, 0) is 37.1 Å². The smallest absolute Gasteiger partial charge is 0.161 e. The van der Waals surface area contributed by atoms with Crippen LogP contribution in [0, 0.1) is 0 Å². The highest BCUT2D eigenvalue weighted by Gasteiger charge is 2.09. The first kappa shape index (κ1) is 16.8. The van der Waals surface area contributed by atoms with Gasteiger partial charge < -0.3 is 25.0 Å². The molecule has 0 spiro atoms. The van der Waals surface area contributed by atoms with Crippen molar-refractivity contribution in [2.45, 2.75) is 32.4 Å². The summed E-state index contributed by atoms with van der Waals surface area (Å²) in [7, 11) is 1.57. The average molecular weight is 283 g/mol. The van der Waals surface area contributed by atoms with Gasteiger partial charge >= 0.3 is 0 Å². The van der Waals surface area contributed by atoms with E-state index in [1.54, 1.807) is 25.3 Å². The summed E-state index contributed by atoms with van der Waals surface area (Å²) in [4.78, 5) is 0. The van der Waals surface area contributed by atoms with Crippen molar-refractivity contribution in [2.75, 3.05) is 26.9 Å². The van der Waals surface area contributed by atoms with Gasteiger partial charge in [0.2, 0.25) is 0 Å². The lowest BCUT2D eigenvalue weighted by molar-refractivity contribution is 0.206. The number of aliphatic hydroxyl groups excluding tert-OH is 2. The third kappa shape index (κ3) is 5.36. The Morgan fingerprint density at radius 3 is 2.65 bits per heavy atom. The number of nitrogens with one attached hydrogen (secondary N) is 1. The Labute approximate surface area is 120 Å². The lowest BCUT2D eigenvalue weighted by Gasteiger charge is -2.17. The van der Waals surface area contributed by atoms with Crippen LogP contribution >= 0.6 is 0 Å². The van der Waals surface area contributed by atoms with Crippen LogP contribution in [0.15, 0.2) is 18.2 Å². The fourth-order valence-electron chi connectivity index (χ4n) is 1.85. The average Bonchev–Trinajstić information content (AvgIpc) is 2.50. The largest absolute Gasteiger partial charge is 0.493 e. The molecule has 114 valence electrons. The molecular formula is C15H25NO4. The normalized spacial score (nSPS) is 12.2. The van der Waals surface area contributed by atoms with Crippen LogP contribution in [-0.2, 0) is 6.61 Å². The lowest BCUT2D eigenvalue weighted by atomic mass is 10.2. The molecule has 5 nitrogen and oxygen atoms in total. The van der Waals surface area contributed by atoms with E-state index in [9.17, 15) is 5.11 Å². The monoisotopic (exact) mass is 283 g/mol. The third-order valence-corrected chi connectivity index (χ3v) is 3.04. The molecule has 1 aromatic carbocycles. The predicted molar refractivity (Wildman–Crippen MR) is 78.2 cm³/mol. The van der Waals surface area contributed by atoms with Crippen LogP contribution in [0.5, 0.6) is 11.5 Å². The molecule has 0 amide bonds. The van der Waals surface area contributed by atoms with E-state index in [1.165, 1.54) is 0 Å². The number of aliphatic hydroxyl groups is 2. The number of rotatable bonds is 10. The van der Waals surface area contributed by atoms with E-state index in [0.29, 0.717) is 18.1 Å². The molecule has 0 aliphatic heterocycles. The first-order chi connectivity index (χ1) is 9.74. The van der Waals surface area contributed by atoms with Gasteiger partial charge in [-0.1, -0.05) is 13.0 Å². The molecule has 0 radical (unpaired) electrons. The number of hydrogen-bond donors (Lipinski definition) is 3. The van der Waals surface area contributed by atoms with Gasteiger partial charge in [-0.3, -0.25) is 0 Å². The minimum absolute atomic E-state index is 0.0236. The van der Waals surface area contributed by atoms with Crippen molar-refractivity contribution in [3.8, 4) is 11.5 Å². The zero-order chi connectivity index (χ0) is 14.8. The minimum Gasteiger partial charge on any atom is -0.493 e. The van der Waals surface area contributed by atoms with Crippen LogP contribution in [0.4, 0.5) is 0 Å². The molecule has 1 unspecified atom stereocenters. The van der Waals surface area contributed by atoms with Gasteiger partial charge in [0, 0.05) is 6.04 Å². The molecule has 1 rings (SSSR count). The number of methoxy groups -OCH3 is 1. The SMILES string of the molecule is CCCNC(CO)CCOc1ccc(CO)cc1OC. The molecule has 1 aromatic rings. The van der Waals surface area contributed by atoms with Crippen molar-refractivity contribution >= 4 is 0 Å². The van der Waals surface area contributed by atoms with Gasteiger partial charge in [-0.25, -0.2) is 0 Å². The van der Waals surface area contributed by atoms with Gasteiger partial charge in [0.15, 0.2) is 11.5 Å². The summed E-state index contributed by atoms with van der Waals surface area (Å²) >= 11 is 0. The zero-order valence-electron chi connectivity index (χ0n) is 12.3. The standard InChI is InChI=1S/C15H25NO4/c1-3-7-16-13(11-18)6-8-20-14-5-4-12(10-17)9-15(14)19-2/h4-5,9,13,16-18H,3,6-8,10-11H2,1-2H3. The first-order valence-corrected chi connectivity index (χ1v) is 7.00. The zero-order valence-corrected chi connectivity index (χ0v) is 12.3. The summed E-state index contributed by atoms with van der Waals surface area (Å²) in [6, 6.07) is 5.40. The topological polar surface area (TPSA) is 71.0 Å². The van der Waals surface area contributed by atoms with Crippen LogP contribution in [0.25, 0.3) is 0 Å². The minimum atomic E-state index is -0.0236. The van der Waals surface area contributed by atoms with Gasteiger partial charge in [0.25, 0.3) is 0 Å². The van der Waals surface area contributed by atoms with Gasteiger partial charge in [-0.15, -0.1) is 0 Å². The molecule has 0 aliphatic rings. The Balaban J connectivity index is 2.48. The molecule has 1 atom stereocenters. The van der Waals surface area contributed by atoms with Crippen molar-refractivity contribution in [1.82, 2.24) is 5.32 Å². The molecule has 0 bridgehead atoms. The lowest BCUT2D eigenvalue weighted by Crippen LogP contribution is -2.34. The van der Waals surface area contributed by atoms with E-state index in [1.807, 2.05) is 0 Å². The number of ether oxygens (including phenoxy) is 2. The number of hydrogen-bond acceptors (Lipinski definition) is 5. The second-order valence-corrected chi connectivity index (χ2v) is 4.61. The molecule has 0 aromatic heterocycles. The Bertz CT molecular complexity index is 384. The van der Waals surface area contributed by atoms with Gasteiger partial charge in [0.1, 0.15) is 0 Å². The Hall–Kier alpha value is -1.30. The summed E-state index contributed by atoms with van der Waals surface area (Å²) in [5.41, 5.74) is 0.784. The Morgan fingerprint density at radius 2 is 2.05 bits per heavy atom. The maximum absolute atomic E-state index is 9.25. The van der Waals surface area contributed by atoms with E-state index in [4.69, 9.17) is 14.6 Å². The molecule has 3 N–H and O–H groups in total. The fourth-order valence-corrected chi connectivity index (χ4v) is 1.85. The quantitative estimate of drug-likeness (QED) is 0.604. The highest BCUT2D eigenvalue weighted by molar-refractivity contribution is 5.42. The van der Waals surface area contributed by atoms with Crippen LogP contribution < -0.4 is 14.8 Å². The first-order valence-electron chi connectivity index (χ1n) is 7.00. The van der Waals surface area contributed by atoms with E-state index >= 15 is 0 Å². The van der Waals surface area contributed by atoms with Crippen LogP contribution in [0.2, 0.25) is 0 Å². The van der Waals surface area contributed by atoms with Crippen molar-refractivity contribution in [1.29, 1.82) is 0 Å². The molecule has 5 heteroatoms. The van der Waals surface area contributed by atoms with Crippen molar-refractivity contribution < 1.29 is 19.7 Å². The van der Waals surface area contributed by atoms with Crippen molar-refractivity contribution in [3.05, 3.63) is 23.8 Å². The van der Waals surface area contributed by atoms with E-state index in [-0.39, 0.29) is 19.3 Å². The van der Waals surface area contributed by atoms with Crippen molar-refractivity contribution in [3.63, 3.8) is 0 Å². The summed E-state index contributed by atoms with van der Waals surface area (Å²) in [6.07, 6.45) is 1.76. The van der Waals surface area contributed by atoms with Gasteiger partial charge in [-0.2, -0.15) is 0 Å². The Kier molecular flexibility index (Phi) is 8.02. The molecule has 0 saturated carbocycles. The third-order valence-electron chi connectivity index (χ3n) is 3.04. The van der Waals surface area contributed by atoms with Crippen molar-refractivity contribution in [2.24, 2.45) is 0 Å². The maximum Gasteiger partial charge on any atom is 0.161 e. The highest BCUT2D eigenvalue weighted by Crippen LogP contribution is 2.28. The summed E-state index contributed by atoms with van der Waals surface area (Å²) in [5, 5.41) is 21.6. The van der Waals surface area contributed by atoms with Crippen LogP contribution in [0.1, 0.15) is 25.3 Å². The number of benzene rings is 1. The molecular weight excluding hydrogens is 258 g/mol. The van der Waals surface area contributed by atoms with E-state index in [0.717, 1.165) is 24.9 Å². The maximum atomic E-state index is 9.25. The molecule has 0 aliphatic carbocycles. The predicted octanol–water partition coefficient (Wildman–Crippen LogP) is 1.32. The van der Waals surface area contributed by atoms with E-state index in [2.05, 4.69) is 12.2 Å². The molecule has 0 fully saturated rings. The fraction of sp³-hybridized carbons (Fsp3) is 0.600. The van der Waals surface area contributed by atoms with Gasteiger partial charge in [0.05, 0.1) is 26.9 Å². The van der Waals surface area contributed by atoms with E-state index < -0.39 is 0 Å². The summed E-state index contributed by atoms with van der Waals surface area (Å²) in [6.45, 7) is 3.55. The summed E-state index contributed by atoms with van der Waals surface area (Å²) < 4.78 is 10.9. The Morgan fingerprint density at radius 1 is 1.25 bits per heavy atom. The van der Waals surface area contributed by atoms with Crippen LogP contribution in [-0.4, -0.2) is 43.1 Å². The van der Waals surface area contributed by atoms with Crippen LogP contribution in [0.3, 0.4) is 0 Å². The molecule has 20 heavy (non-hydrogen) atoms. The second kappa shape index (κ2) is 9.58. The molecule has 0 heterocycles.